The second-order valence-corrected chi connectivity index (χ2v) is 12.6. The highest BCUT2D eigenvalue weighted by Gasteiger charge is 2.55. The maximum Gasteiger partial charge on any atom is 0.407 e. The zero-order chi connectivity index (χ0) is 39.2. The van der Waals surface area contributed by atoms with Gasteiger partial charge in [-0.25, -0.2) is 9.59 Å². The van der Waals surface area contributed by atoms with Crippen molar-refractivity contribution >= 4 is 24.0 Å². The Hall–Kier alpha value is -4.66. The third kappa shape index (κ3) is 12.5. The molecule has 1 aliphatic rings. The number of aromatic amines is 1. The van der Waals surface area contributed by atoms with Gasteiger partial charge < -0.3 is 49.6 Å². The number of nitrogens with zero attached hydrogens (tertiary/aromatic N) is 1. The standard InChI is InChI=1S/C34H49N5O14/c1-6-49-32(46)24(26(44)27-28(51-19(4)40)29(52-20(5)41)31(53-27)39-16-13-22(42)37-33(39)47)35-14-10-15-36-30(45)23(25(43)18(2)3)38-34(48)50-17-21-11-8-7-9-12-21/h7-9,11-13,16,18,23-31,35-36,43-45H,6,10,14-15,17H2,1-5H3,(H,38,48)(H,37,42,47)/t23-,24?,25-,26?,27+,28+,29+,30?,31+/m0/s1. The van der Waals surface area contributed by atoms with Crippen molar-refractivity contribution in [2.24, 2.45) is 5.92 Å². The van der Waals surface area contributed by atoms with Gasteiger partial charge in [0, 0.05) is 26.1 Å². The lowest BCUT2D eigenvalue weighted by Crippen LogP contribution is -2.58. The molecule has 7 N–H and O–H groups in total. The molecule has 0 aliphatic carbocycles. The third-order valence-electron chi connectivity index (χ3n) is 8.13. The average Bonchev–Trinajstić information content (AvgIpc) is 3.43. The fraction of sp³-hybridized carbons (Fsp3) is 0.588. The Labute approximate surface area is 304 Å². The maximum absolute atomic E-state index is 13.1. The van der Waals surface area contributed by atoms with Crippen molar-refractivity contribution < 1.29 is 58.2 Å². The van der Waals surface area contributed by atoms with Crippen LogP contribution in [0.5, 0.6) is 0 Å². The molecule has 0 spiro atoms. The zero-order valence-corrected chi connectivity index (χ0v) is 30.1. The van der Waals surface area contributed by atoms with E-state index in [2.05, 4.69) is 16.0 Å². The smallest absolute Gasteiger partial charge is 0.407 e. The van der Waals surface area contributed by atoms with E-state index in [1.54, 1.807) is 45.0 Å². The fourth-order valence-corrected chi connectivity index (χ4v) is 5.59. The molecule has 1 saturated heterocycles. The summed E-state index contributed by atoms with van der Waals surface area (Å²) < 4.78 is 28.0. The topological polar surface area (TPSA) is 266 Å². The minimum Gasteiger partial charge on any atom is -0.465 e. The molecule has 0 bridgehead atoms. The minimum absolute atomic E-state index is 0.0192. The van der Waals surface area contributed by atoms with Crippen LogP contribution in [0.3, 0.4) is 0 Å². The summed E-state index contributed by atoms with van der Waals surface area (Å²) in [6.45, 7) is 7.10. The van der Waals surface area contributed by atoms with E-state index in [1.165, 1.54) is 0 Å². The molecule has 3 rings (SSSR count). The molecule has 1 amide bonds. The number of benzene rings is 1. The Bertz CT molecular complexity index is 1620. The first-order valence-electron chi connectivity index (χ1n) is 17.1. The first-order chi connectivity index (χ1) is 25.1. The molecule has 2 heterocycles. The van der Waals surface area contributed by atoms with Gasteiger partial charge in [-0.15, -0.1) is 0 Å². The number of esters is 3. The number of aliphatic hydroxyl groups excluding tert-OH is 3. The van der Waals surface area contributed by atoms with Crippen LogP contribution in [-0.2, 0) is 44.7 Å². The second kappa shape index (κ2) is 20.5. The Balaban J connectivity index is 1.71. The van der Waals surface area contributed by atoms with Gasteiger partial charge in [-0.1, -0.05) is 44.2 Å². The van der Waals surface area contributed by atoms with Gasteiger partial charge >= 0.3 is 29.7 Å². The second-order valence-electron chi connectivity index (χ2n) is 12.6. The van der Waals surface area contributed by atoms with E-state index in [-0.39, 0.29) is 38.6 Å². The van der Waals surface area contributed by atoms with E-state index in [0.29, 0.717) is 0 Å². The van der Waals surface area contributed by atoms with E-state index in [9.17, 15) is 44.1 Å². The van der Waals surface area contributed by atoms with E-state index in [4.69, 9.17) is 23.7 Å². The van der Waals surface area contributed by atoms with Gasteiger partial charge in [-0.3, -0.25) is 34.0 Å². The Morgan fingerprint density at radius 1 is 0.925 bits per heavy atom. The number of carbonyl (C=O) groups is 4. The van der Waals surface area contributed by atoms with Crippen LogP contribution in [0.15, 0.2) is 52.2 Å². The number of hydrogen-bond acceptors (Lipinski definition) is 16. The van der Waals surface area contributed by atoms with Gasteiger partial charge in [0.15, 0.2) is 18.4 Å². The summed E-state index contributed by atoms with van der Waals surface area (Å²) in [5.41, 5.74) is -0.927. The number of ether oxygens (including phenoxy) is 5. The highest BCUT2D eigenvalue weighted by atomic mass is 16.6. The number of nitrogens with one attached hydrogen (secondary N) is 4. The van der Waals surface area contributed by atoms with Gasteiger partial charge in [0.05, 0.1) is 18.8 Å². The van der Waals surface area contributed by atoms with Gasteiger partial charge in [0.1, 0.15) is 31.1 Å². The van der Waals surface area contributed by atoms with Crippen molar-refractivity contribution in [3.8, 4) is 0 Å². The van der Waals surface area contributed by atoms with Crippen LogP contribution in [-0.4, -0.2) is 117 Å². The quantitative estimate of drug-likeness (QED) is 0.0384. The molecule has 1 aromatic carbocycles. The molecular weight excluding hydrogens is 702 g/mol. The summed E-state index contributed by atoms with van der Waals surface area (Å²) in [6.07, 6.45) is -10.1. The first kappa shape index (κ1) is 42.8. The molecule has 19 nitrogen and oxygen atoms in total. The molecule has 9 atom stereocenters. The summed E-state index contributed by atoms with van der Waals surface area (Å²) >= 11 is 0. The van der Waals surface area contributed by atoms with Gasteiger partial charge in [-0.2, -0.15) is 0 Å². The normalized spacial score (nSPS) is 21.2. The SMILES string of the molecule is CCOC(=O)C(NCCCNC(O)[C@@H](NC(=O)OCc1ccccc1)[C@@H](O)C(C)C)C(O)[C@H]1O[C@@H](n2ccc(=O)[nH]c2=O)[C@H](OC(C)=O)[C@@H]1OC(C)=O. The molecule has 294 valence electrons. The number of H-pyrrole nitrogens is 1. The first-order valence-corrected chi connectivity index (χ1v) is 17.1. The Morgan fingerprint density at radius 3 is 2.17 bits per heavy atom. The molecule has 0 radical (unpaired) electrons. The third-order valence-corrected chi connectivity index (χ3v) is 8.13. The minimum atomic E-state index is -1.82. The number of aromatic nitrogens is 2. The molecule has 1 fully saturated rings. The van der Waals surface area contributed by atoms with Crippen LogP contribution >= 0.6 is 0 Å². The van der Waals surface area contributed by atoms with Crippen molar-refractivity contribution in [3.05, 3.63) is 69.0 Å². The van der Waals surface area contributed by atoms with Crippen LogP contribution in [0.2, 0.25) is 0 Å². The van der Waals surface area contributed by atoms with E-state index in [1.807, 2.05) is 11.1 Å². The molecule has 19 heteroatoms. The van der Waals surface area contributed by atoms with Crippen LogP contribution < -0.4 is 27.2 Å². The van der Waals surface area contributed by atoms with Crippen LogP contribution in [0.4, 0.5) is 4.79 Å². The van der Waals surface area contributed by atoms with Gasteiger partial charge in [0.2, 0.25) is 0 Å². The predicted molar refractivity (Wildman–Crippen MR) is 184 cm³/mol. The van der Waals surface area contributed by atoms with E-state index in [0.717, 1.165) is 36.2 Å². The zero-order valence-electron chi connectivity index (χ0n) is 30.1. The largest absolute Gasteiger partial charge is 0.465 e. The molecule has 2 aromatic rings. The molecule has 53 heavy (non-hydrogen) atoms. The fourth-order valence-electron chi connectivity index (χ4n) is 5.59. The Morgan fingerprint density at radius 2 is 1.57 bits per heavy atom. The summed E-state index contributed by atoms with van der Waals surface area (Å²) in [5.74, 6) is -2.96. The van der Waals surface area contributed by atoms with E-state index < -0.39 is 90.3 Å². The number of amides is 1. The highest BCUT2D eigenvalue weighted by molar-refractivity contribution is 5.76. The van der Waals surface area contributed by atoms with Crippen molar-refractivity contribution in [1.29, 1.82) is 0 Å². The molecule has 0 saturated carbocycles. The van der Waals surface area contributed by atoms with Gasteiger partial charge in [0.25, 0.3) is 5.56 Å². The number of rotatable bonds is 19. The highest BCUT2D eigenvalue weighted by Crippen LogP contribution is 2.35. The lowest BCUT2D eigenvalue weighted by Gasteiger charge is -2.31. The van der Waals surface area contributed by atoms with Crippen molar-refractivity contribution in [1.82, 2.24) is 25.5 Å². The molecule has 1 aromatic heterocycles. The number of aliphatic hydroxyl groups is 3. The number of hydrogen-bond donors (Lipinski definition) is 7. The van der Waals surface area contributed by atoms with E-state index >= 15 is 0 Å². The molecule has 1 aliphatic heterocycles. The number of carbonyl (C=O) groups excluding carboxylic acids is 4. The Kier molecular flexibility index (Phi) is 16.6. The maximum atomic E-state index is 13.1. The molecule has 3 unspecified atom stereocenters. The van der Waals surface area contributed by atoms with Crippen molar-refractivity contribution in [2.45, 2.75) is 103 Å². The van der Waals surface area contributed by atoms with Crippen LogP contribution in [0.25, 0.3) is 0 Å². The summed E-state index contributed by atoms with van der Waals surface area (Å²) in [4.78, 5) is 76.2. The predicted octanol–water partition coefficient (Wildman–Crippen LogP) is -1.21. The lowest BCUT2D eigenvalue weighted by molar-refractivity contribution is -0.168. The lowest BCUT2D eigenvalue weighted by atomic mass is 9.98. The van der Waals surface area contributed by atoms with Crippen LogP contribution in [0.1, 0.15) is 52.8 Å². The van der Waals surface area contributed by atoms with Crippen molar-refractivity contribution in [2.75, 3.05) is 19.7 Å². The van der Waals surface area contributed by atoms with Crippen LogP contribution in [0, 0.1) is 5.92 Å². The molecular formula is C34H49N5O14. The van der Waals surface area contributed by atoms with Gasteiger partial charge in [-0.05, 0) is 37.9 Å². The summed E-state index contributed by atoms with van der Waals surface area (Å²) in [6, 6.07) is 7.28. The van der Waals surface area contributed by atoms with Crippen molar-refractivity contribution in [3.63, 3.8) is 0 Å². The monoisotopic (exact) mass is 751 g/mol. The average molecular weight is 752 g/mol. The number of alkyl carbamates (subject to hydrolysis) is 1. The summed E-state index contributed by atoms with van der Waals surface area (Å²) in [7, 11) is 0. The summed E-state index contributed by atoms with van der Waals surface area (Å²) in [5, 5.41) is 41.4.